The lowest BCUT2D eigenvalue weighted by molar-refractivity contribution is -0.126. The minimum Gasteiger partial charge on any atom is -0.385 e. The predicted molar refractivity (Wildman–Crippen MR) is 101 cm³/mol. The number of rotatable bonds is 1. The van der Waals surface area contributed by atoms with Crippen LogP contribution in [0.5, 0.6) is 0 Å². The fourth-order valence-electron chi connectivity index (χ4n) is 4.23. The molecule has 27 heavy (non-hydrogen) atoms. The molecule has 0 saturated carbocycles. The van der Waals surface area contributed by atoms with Crippen LogP contribution in [0.25, 0.3) is 22.3 Å². The first kappa shape index (κ1) is 16.2. The van der Waals surface area contributed by atoms with Gasteiger partial charge in [-0.25, -0.2) is 4.98 Å². The van der Waals surface area contributed by atoms with Crippen molar-refractivity contribution in [3.8, 4) is 11.4 Å². The van der Waals surface area contributed by atoms with Crippen LogP contribution in [0.3, 0.4) is 0 Å². The van der Waals surface area contributed by atoms with Gasteiger partial charge in [-0.3, -0.25) is 9.59 Å². The van der Waals surface area contributed by atoms with Crippen molar-refractivity contribution in [3.05, 3.63) is 63.4 Å². The van der Waals surface area contributed by atoms with E-state index in [4.69, 9.17) is 4.98 Å². The fourth-order valence-corrected chi connectivity index (χ4v) is 4.23. The first-order chi connectivity index (χ1) is 13.0. The molecule has 0 aliphatic carbocycles. The highest BCUT2D eigenvalue weighted by Gasteiger charge is 2.38. The average Bonchev–Trinajstić information content (AvgIpc) is 2.96. The van der Waals surface area contributed by atoms with E-state index < -0.39 is 5.60 Å². The van der Waals surface area contributed by atoms with E-state index in [-0.39, 0.29) is 24.4 Å². The van der Waals surface area contributed by atoms with Gasteiger partial charge < -0.3 is 15.0 Å². The summed E-state index contributed by atoms with van der Waals surface area (Å²) in [5.41, 5.74) is 2.85. The van der Waals surface area contributed by atoms with E-state index in [1.807, 2.05) is 37.3 Å². The molecule has 136 valence electrons. The summed E-state index contributed by atoms with van der Waals surface area (Å²) >= 11 is 0. The van der Waals surface area contributed by atoms with E-state index in [1.54, 1.807) is 4.57 Å². The molecule has 0 bridgehead atoms. The Hall–Kier alpha value is -2.99. The van der Waals surface area contributed by atoms with Crippen molar-refractivity contribution in [1.29, 1.82) is 0 Å². The highest BCUT2D eigenvalue weighted by Crippen LogP contribution is 2.38. The SMILES string of the molecule is CCC1(O)CC(=O)NCc2c1cc1n(c2=O)Cc2cc3ccccc3nc2-1. The molecule has 2 N–H and O–H groups in total. The number of carbonyl (C=O) groups excluding carboxylic acids is 1. The zero-order chi connectivity index (χ0) is 18.8. The molecular weight excluding hydrogens is 342 g/mol. The molecule has 6 heteroatoms. The molecule has 1 amide bonds. The number of hydrogen-bond acceptors (Lipinski definition) is 4. The Labute approximate surface area is 155 Å². The Bertz CT molecular complexity index is 1180. The Morgan fingerprint density at radius 1 is 1.26 bits per heavy atom. The van der Waals surface area contributed by atoms with Crippen LogP contribution in [-0.2, 0) is 23.5 Å². The van der Waals surface area contributed by atoms with Gasteiger partial charge >= 0.3 is 0 Å². The van der Waals surface area contributed by atoms with Gasteiger partial charge in [0.2, 0.25) is 5.91 Å². The van der Waals surface area contributed by atoms with Gasteiger partial charge in [0, 0.05) is 23.1 Å². The summed E-state index contributed by atoms with van der Waals surface area (Å²) in [7, 11) is 0. The number of amides is 1. The molecule has 1 atom stereocenters. The van der Waals surface area contributed by atoms with Crippen molar-refractivity contribution in [1.82, 2.24) is 14.9 Å². The summed E-state index contributed by atoms with van der Waals surface area (Å²) in [5, 5.41) is 14.9. The molecule has 1 unspecified atom stereocenters. The number of pyridine rings is 2. The number of benzene rings is 1. The van der Waals surface area contributed by atoms with Gasteiger partial charge in [0.1, 0.15) is 0 Å². The minimum atomic E-state index is -1.34. The van der Waals surface area contributed by atoms with Crippen LogP contribution in [0.4, 0.5) is 0 Å². The van der Waals surface area contributed by atoms with Crippen molar-refractivity contribution in [2.45, 2.75) is 38.5 Å². The number of fused-ring (bicyclic) bond motifs is 5. The first-order valence-electron chi connectivity index (χ1n) is 9.15. The average molecular weight is 361 g/mol. The van der Waals surface area contributed by atoms with Gasteiger partial charge in [-0.2, -0.15) is 0 Å². The second kappa shape index (κ2) is 5.50. The largest absolute Gasteiger partial charge is 0.385 e. The van der Waals surface area contributed by atoms with E-state index in [0.717, 1.165) is 22.2 Å². The van der Waals surface area contributed by atoms with Gasteiger partial charge in [0.05, 0.1) is 35.5 Å². The van der Waals surface area contributed by atoms with E-state index in [9.17, 15) is 14.7 Å². The molecule has 0 spiro atoms. The van der Waals surface area contributed by atoms with E-state index in [2.05, 4.69) is 11.4 Å². The van der Waals surface area contributed by atoms with Crippen LogP contribution in [0.2, 0.25) is 0 Å². The maximum absolute atomic E-state index is 13.2. The Morgan fingerprint density at radius 2 is 2.07 bits per heavy atom. The van der Waals surface area contributed by atoms with Gasteiger partial charge in [-0.15, -0.1) is 0 Å². The predicted octanol–water partition coefficient (Wildman–Crippen LogP) is 2.04. The number of nitrogens with one attached hydrogen (secondary N) is 1. The van der Waals surface area contributed by atoms with Crippen LogP contribution in [0.1, 0.15) is 36.5 Å². The molecule has 1 aromatic carbocycles. The van der Waals surface area contributed by atoms with Gasteiger partial charge in [0.15, 0.2) is 0 Å². The lowest BCUT2D eigenvalue weighted by atomic mass is 9.85. The molecule has 4 heterocycles. The number of hydrogen-bond donors (Lipinski definition) is 2. The zero-order valence-electron chi connectivity index (χ0n) is 15.0. The number of aliphatic hydroxyl groups is 1. The minimum absolute atomic E-state index is 0.0442. The van der Waals surface area contributed by atoms with Crippen molar-refractivity contribution >= 4 is 16.8 Å². The normalized spacial score (nSPS) is 20.6. The molecule has 2 aliphatic rings. The second-order valence-electron chi connectivity index (χ2n) is 7.34. The topological polar surface area (TPSA) is 84.2 Å². The van der Waals surface area contributed by atoms with Gasteiger partial charge in [0.25, 0.3) is 5.56 Å². The smallest absolute Gasteiger partial charge is 0.256 e. The number of aromatic nitrogens is 2. The third-order valence-corrected chi connectivity index (χ3v) is 5.78. The molecule has 2 aromatic heterocycles. The lowest BCUT2D eigenvalue weighted by Crippen LogP contribution is -2.32. The third-order valence-electron chi connectivity index (χ3n) is 5.78. The number of nitrogens with zero attached hydrogens (tertiary/aromatic N) is 2. The lowest BCUT2D eigenvalue weighted by Gasteiger charge is -2.26. The number of carbonyl (C=O) groups is 1. The maximum Gasteiger partial charge on any atom is 0.256 e. The van der Waals surface area contributed by atoms with E-state index in [1.165, 1.54) is 0 Å². The molecule has 0 saturated heterocycles. The Kier molecular flexibility index (Phi) is 3.30. The van der Waals surface area contributed by atoms with Crippen molar-refractivity contribution in [2.24, 2.45) is 0 Å². The quantitative estimate of drug-likeness (QED) is 0.543. The first-order valence-corrected chi connectivity index (χ1v) is 9.15. The fraction of sp³-hybridized carbons (Fsp3) is 0.286. The molecule has 2 aliphatic heterocycles. The summed E-state index contributed by atoms with van der Waals surface area (Å²) in [5.74, 6) is -0.246. The monoisotopic (exact) mass is 361 g/mol. The Balaban J connectivity index is 1.79. The van der Waals surface area contributed by atoms with E-state index >= 15 is 0 Å². The summed E-state index contributed by atoms with van der Waals surface area (Å²) in [6.07, 6.45) is 0.311. The van der Waals surface area contributed by atoms with Crippen LogP contribution in [0, 0.1) is 0 Å². The molecule has 0 radical (unpaired) electrons. The summed E-state index contributed by atoms with van der Waals surface area (Å²) in [4.78, 5) is 30.0. The van der Waals surface area contributed by atoms with Crippen molar-refractivity contribution in [3.63, 3.8) is 0 Å². The molecule has 5 rings (SSSR count). The van der Waals surface area contributed by atoms with Gasteiger partial charge in [-0.05, 0) is 30.2 Å². The Morgan fingerprint density at radius 3 is 2.89 bits per heavy atom. The van der Waals surface area contributed by atoms with Crippen molar-refractivity contribution < 1.29 is 9.90 Å². The maximum atomic E-state index is 13.2. The molecule has 3 aromatic rings. The number of para-hydroxylation sites is 1. The van der Waals surface area contributed by atoms with Crippen LogP contribution < -0.4 is 10.9 Å². The summed E-state index contributed by atoms with van der Waals surface area (Å²) in [6, 6.07) is 11.8. The van der Waals surface area contributed by atoms with Gasteiger partial charge in [-0.1, -0.05) is 25.1 Å². The molecular formula is C21H19N3O3. The summed E-state index contributed by atoms with van der Waals surface area (Å²) < 4.78 is 1.70. The standard InChI is InChI=1S/C21H19N3O3/c1-2-21(27)9-18(25)22-10-14-15(21)8-17-19-13(11-24(17)20(14)26)7-12-5-3-4-6-16(12)23-19/h3-8,27H,2,9-11H2,1H3,(H,22,25). The molecule has 6 nitrogen and oxygen atoms in total. The van der Waals surface area contributed by atoms with Crippen LogP contribution >= 0.6 is 0 Å². The second-order valence-corrected chi connectivity index (χ2v) is 7.34. The van der Waals surface area contributed by atoms with Crippen molar-refractivity contribution in [2.75, 3.05) is 0 Å². The molecule has 0 fully saturated rings. The third kappa shape index (κ3) is 2.26. The summed E-state index contributed by atoms with van der Waals surface area (Å²) in [6.45, 7) is 2.42. The van der Waals surface area contributed by atoms with Crippen LogP contribution in [0.15, 0.2) is 41.2 Å². The van der Waals surface area contributed by atoms with E-state index in [0.29, 0.717) is 29.8 Å². The van der Waals surface area contributed by atoms with Crippen LogP contribution in [-0.4, -0.2) is 20.6 Å². The highest BCUT2D eigenvalue weighted by molar-refractivity contribution is 5.84. The highest BCUT2D eigenvalue weighted by atomic mass is 16.3. The zero-order valence-corrected chi connectivity index (χ0v) is 15.0.